The van der Waals surface area contributed by atoms with Crippen molar-refractivity contribution in [3.05, 3.63) is 178 Å². The van der Waals surface area contributed by atoms with Gasteiger partial charge in [-0.05, 0) is 60.7 Å². The van der Waals surface area contributed by atoms with Crippen molar-refractivity contribution in [2.24, 2.45) is 0 Å². The van der Waals surface area contributed by atoms with Gasteiger partial charge in [0.05, 0.1) is 0 Å². The fraction of sp³-hybridized carbons (Fsp3) is 0. The average molecular weight is 479 g/mol. The Bertz CT molecular complexity index is 1510. The minimum absolute atomic E-state index is 0.819. The van der Waals surface area contributed by atoms with Gasteiger partial charge in [-0.3, -0.25) is 0 Å². The monoisotopic (exact) mass is 478 g/mol. The van der Waals surface area contributed by atoms with E-state index in [1.54, 1.807) is 0 Å². The fourth-order valence-electron chi connectivity index (χ4n) is 3.66. The summed E-state index contributed by atoms with van der Waals surface area (Å²) in [4.78, 5) is 0. The fourth-order valence-corrected chi connectivity index (χ4v) is 3.66. The van der Waals surface area contributed by atoms with Crippen LogP contribution in [0.3, 0.4) is 0 Å². The predicted molar refractivity (Wildman–Crippen MR) is 156 cm³/mol. The predicted octanol–water partition coefficient (Wildman–Crippen LogP) is 7.29. The first-order chi connectivity index (χ1) is 18.8. The third-order valence-electron chi connectivity index (χ3n) is 5.62. The molecule has 0 radical (unpaired) electrons. The summed E-state index contributed by atoms with van der Waals surface area (Å²) in [6.07, 6.45) is 0. The Morgan fingerprint density at radius 1 is 0.237 bits per heavy atom. The van der Waals surface area contributed by atoms with Crippen LogP contribution in [0.15, 0.2) is 133 Å². The van der Waals surface area contributed by atoms with Crippen molar-refractivity contribution < 1.29 is 0 Å². The normalized spacial score (nSPS) is 9.26. The molecule has 0 fully saturated rings. The molecule has 0 saturated heterocycles. The summed E-state index contributed by atoms with van der Waals surface area (Å²) in [7, 11) is 0. The van der Waals surface area contributed by atoms with E-state index >= 15 is 0 Å². The van der Waals surface area contributed by atoms with E-state index in [0.29, 0.717) is 0 Å². The van der Waals surface area contributed by atoms with Crippen LogP contribution in [0.5, 0.6) is 0 Å². The van der Waals surface area contributed by atoms with E-state index in [0.717, 1.165) is 44.5 Å². The van der Waals surface area contributed by atoms with Gasteiger partial charge in [-0.15, -0.1) is 0 Å². The average Bonchev–Trinajstić information content (AvgIpc) is 2.99. The van der Waals surface area contributed by atoms with Gasteiger partial charge < -0.3 is 0 Å². The Hall–Kier alpha value is -5.66. The van der Waals surface area contributed by atoms with Crippen molar-refractivity contribution in [2.75, 3.05) is 0 Å². The first kappa shape index (κ1) is 24.1. The van der Waals surface area contributed by atoms with Crippen LogP contribution in [0.25, 0.3) is 0 Å². The molecule has 0 amide bonds. The van der Waals surface area contributed by atoms with Gasteiger partial charge in [0.2, 0.25) is 0 Å². The van der Waals surface area contributed by atoms with Crippen LogP contribution < -0.4 is 0 Å². The summed E-state index contributed by atoms with van der Waals surface area (Å²) >= 11 is 0. The smallest absolute Gasteiger partial charge is 0.0419 e. The highest BCUT2D eigenvalue weighted by Crippen LogP contribution is 2.17. The topological polar surface area (TPSA) is 0 Å². The van der Waals surface area contributed by atoms with Gasteiger partial charge in [0, 0.05) is 44.5 Å². The second kappa shape index (κ2) is 12.3. The van der Waals surface area contributed by atoms with Crippen LogP contribution >= 0.6 is 0 Å². The number of hydrogen-bond acceptors (Lipinski definition) is 0. The Balaban J connectivity index is 1.67. The maximum absolute atomic E-state index is 3.34. The Labute approximate surface area is 225 Å². The van der Waals surface area contributed by atoms with Gasteiger partial charge in [0.1, 0.15) is 0 Å². The second-order valence-electron chi connectivity index (χ2n) is 8.41. The molecule has 0 aliphatic rings. The van der Waals surface area contributed by atoms with E-state index in [1.165, 1.54) is 0 Å². The second-order valence-corrected chi connectivity index (χ2v) is 8.41. The molecule has 0 aliphatic heterocycles. The molecule has 0 spiro atoms. The standard InChI is InChI=1S/C38H22/c1-5-13-31(14-6-1)21-25-35-29-37(27-23-33-17-9-3-10-18-33)38(28-24-34-19-11-4-12-20-34)30-36(35)26-22-32-15-7-2-8-16-32/h1-20,29-30H. The lowest BCUT2D eigenvalue weighted by Crippen LogP contribution is -1.93. The lowest BCUT2D eigenvalue weighted by molar-refractivity contribution is 1.50. The maximum atomic E-state index is 3.34. The molecule has 0 nitrogen and oxygen atoms in total. The minimum Gasteiger partial charge on any atom is -0.0622 e. The van der Waals surface area contributed by atoms with Crippen LogP contribution in [0.4, 0.5) is 0 Å². The Morgan fingerprint density at radius 2 is 0.447 bits per heavy atom. The zero-order chi connectivity index (χ0) is 25.8. The molecule has 5 aromatic rings. The number of rotatable bonds is 0. The van der Waals surface area contributed by atoms with Gasteiger partial charge in [-0.25, -0.2) is 0 Å². The van der Waals surface area contributed by atoms with Crippen molar-refractivity contribution in [3.63, 3.8) is 0 Å². The van der Waals surface area contributed by atoms with E-state index in [-0.39, 0.29) is 0 Å². The Kier molecular flexibility index (Phi) is 7.81. The zero-order valence-electron chi connectivity index (χ0n) is 20.7. The van der Waals surface area contributed by atoms with Crippen molar-refractivity contribution >= 4 is 0 Å². The SMILES string of the molecule is C(#Cc1cc(C#Cc2ccccc2)c(C#Cc2ccccc2)cc1C#Cc1ccccc1)c1ccccc1. The molecule has 0 aliphatic carbocycles. The van der Waals surface area contributed by atoms with Gasteiger partial charge in [0.15, 0.2) is 0 Å². The molecule has 174 valence electrons. The summed E-state index contributed by atoms with van der Waals surface area (Å²) in [5.41, 5.74) is 7.05. The van der Waals surface area contributed by atoms with Gasteiger partial charge in [-0.1, -0.05) is 120 Å². The third-order valence-corrected chi connectivity index (χ3v) is 5.62. The first-order valence-corrected chi connectivity index (χ1v) is 12.3. The number of benzene rings is 5. The van der Waals surface area contributed by atoms with E-state index < -0.39 is 0 Å². The molecule has 0 atom stereocenters. The third kappa shape index (κ3) is 6.72. The van der Waals surface area contributed by atoms with Crippen LogP contribution in [-0.4, -0.2) is 0 Å². The lowest BCUT2D eigenvalue weighted by atomic mass is 9.97. The molecule has 0 heterocycles. The molecule has 0 N–H and O–H groups in total. The molecular formula is C38H22. The van der Waals surface area contributed by atoms with Crippen molar-refractivity contribution in [2.45, 2.75) is 0 Å². The molecule has 0 aromatic heterocycles. The molecule has 0 bridgehead atoms. The molecule has 0 saturated carbocycles. The quantitative estimate of drug-likeness (QED) is 0.205. The highest BCUT2D eigenvalue weighted by atomic mass is 14.1. The summed E-state index contributed by atoms with van der Waals surface area (Å²) in [5.74, 6) is 26.5. The molecule has 0 heteroatoms. The molecule has 0 unspecified atom stereocenters. The summed E-state index contributed by atoms with van der Waals surface area (Å²) < 4.78 is 0. The summed E-state index contributed by atoms with van der Waals surface area (Å²) in [6, 6.07) is 43.8. The van der Waals surface area contributed by atoms with E-state index in [1.807, 2.05) is 133 Å². The summed E-state index contributed by atoms with van der Waals surface area (Å²) in [6.45, 7) is 0. The first-order valence-electron chi connectivity index (χ1n) is 12.3. The van der Waals surface area contributed by atoms with E-state index in [2.05, 4.69) is 47.4 Å². The van der Waals surface area contributed by atoms with Crippen LogP contribution in [0, 0.1) is 47.4 Å². The van der Waals surface area contributed by atoms with Gasteiger partial charge in [0.25, 0.3) is 0 Å². The largest absolute Gasteiger partial charge is 0.0622 e. The van der Waals surface area contributed by atoms with Crippen molar-refractivity contribution in [1.82, 2.24) is 0 Å². The summed E-state index contributed by atoms with van der Waals surface area (Å²) in [5, 5.41) is 0. The van der Waals surface area contributed by atoms with Gasteiger partial charge in [-0.2, -0.15) is 0 Å². The maximum Gasteiger partial charge on any atom is 0.0419 e. The van der Waals surface area contributed by atoms with Crippen molar-refractivity contribution in [1.29, 1.82) is 0 Å². The molecule has 5 aromatic carbocycles. The highest BCUT2D eigenvalue weighted by molar-refractivity contribution is 5.64. The molecule has 38 heavy (non-hydrogen) atoms. The van der Waals surface area contributed by atoms with Crippen LogP contribution in [0.2, 0.25) is 0 Å². The zero-order valence-corrected chi connectivity index (χ0v) is 20.7. The van der Waals surface area contributed by atoms with Crippen LogP contribution in [0.1, 0.15) is 44.5 Å². The number of hydrogen-bond donors (Lipinski definition) is 0. The van der Waals surface area contributed by atoms with Gasteiger partial charge >= 0.3 is 0 Å². The minimum atomic E-state index is 0.819. The molecule has 5 rings (SSSR count). The lowest BCUT2D eigenvalue weighted by Gasteiger charge is -2.03. The van der Waals surface area contributed by atoms with Crippen molar-refractivity contribution in [3.8, 4) is 47.4 Å². The van der Waals surface area contributed by atoms with Crippen LogP contribution in [-0.2, 0) is 0 Å². The Morgan fingerprint density at radius 3 is 0.658 bits per heavy atom. The highest BCUT2D eigenvalue weighted by Gasteiger charge is 2.06. The molecular weight excluding hydrogens is 456 g/mol. The van der Waals surface area contributed by atoms with E-state index in [4.69, 9.17) is 0 Å². The van der Waals surface area contributed by atoms with E-state index in [9.17, 15) is 0 Å².